The predicted octanol–water partition coefficient (Wildman–Crippen LogP) is 4.66. The Bertz CT molecular complexity index is 1090. The number of benzene rings is 1. The molecule has 1 aromatic heterocycles. The lowest BCUT2D eigenvalue weighted by atomic mass is 9.55. The van der Waals surface area contributed by atoms with Gasteiger partial charge in [0.15, 0.2) is 5.69 Å². The lowest BCUT2D eigenvalue weighted by molar-refractivity contribution is -0.148. The van der Waals surface area contributed by atoms with Gasteiger partial charge in [0.2, 0.25) is 11.8 Å². The third-order valence-electron chi connectivity index (χ3n) is 6.90. The van der Waals surface area contributed by atoms with Crippen molar-refractivity contribution in [2.24, 2.45) is 28.8 Å². The van der Waals surface area contributed by atoms with Gasteiger partial charge in [0.25, 0.3) is 0 Å². The molecule has 1 amide bonds. The molecule has 3 atom stereocenters. The molecular weight excluding hydrogens is 449 g/mol. The molecule has 0 N–H and O–H groups in total. The second kappa shape index (κ2) is 8.68. The van der Waals surface area contributed by atoms with E-state index in [1.54, 1.807) is 17.3 Å². The molecule has 2 aromatic rings. The molecule has 3 aliphatic carbocycles. The van der Waals surface area contributed by atoms with Crippen LogP contribution in [0.4, 0.5) is 0 Å². The first-order chi connectivity index (χ1) is 15.5. The molecule has 164 valence electrons. The summed E-state index contributed by atoms with van der Waals surface area (Å²) in [5, 5.41) is 15.8. The van der Waals surface area contributed by atoms with Crippen molar-refractivity contribution in [2.75, 3.05) is 6.61 Å². The number of hydrazone groups is 1. The van der Waals surface area contributed by atoms with Crippen LogP contribution in [-0.2, 0) is 4.79 Å². The predicted molar refractivity (Wildman–Crippen MR) is 119 cm³/mol. The average Bonchev–Trinajstić information content (AvgIpc) is 3.28. The minimum absolute atomic E-state index is 0.0473. The first-order valence-electron chi connectivity index (χ1n) is 10.7. The second-order valence-corrected chi connectivity index (χ2v) is 9.42. The molecule has 2 bridgehead atoms. The Hall–Kier alpha value is -2.69. The van der Waals surface area contributed by atoms with Crippen LogP contribution in [0.15, 0.2) is 35.7 Å². The summed E-state index contributed by atoms with van der Waals surface area (Å²) in [5.41, 5.74) is 1.08. The minimum Gasteiger partial charge on any atom is -0.476 e. The number of hydrogen-bond donors (Lipinski definition) is 0. The van der Waals surface area contributed by atoms with Gasteiger partial charge in [-0.25, -0.2) is 15.0 Å². The van der Waals surface area contributed by atoms with E-state index in [2.05, 4.69) is 15.1 Å². The average molecular weight is 470 g/mol. The number of fused-ring (bicyclic) bond motifs is 2. The van der Waals surface area contributed by atoms with Gasteiger partial charge in [0.1, 0.15) is 6.07 Å². The molecule has 0 spiro atoms. The fraction of sp³-hybridized carbons (Fsp3) is 0.435. The normalized spacial score (nSPS) is 28.2. The summed E-state index contributed by atoms with van der Waals surface area (Å²) in [4.78, 5) is 21.7. The van der Waals surface area contributed by atoms with Crippen LogP contribution in [0.5, 0.6) is 5.88 Å². The summed E-state index contributed by atoms with van der Waals surface area (Å²) >= 11 is 12.6. The number of amides is 1. The van der Waals surface area contributed by atoms with Gasteiger partial charge < -0.3 is 4.74 Å². The largest absolute Gasteiger partial charge is 0.476 e. The van der Waals surface area contributed by atoms with Gasteiger partial charge in [0.05, 0.1) is 35.1 Å². The quantitative estimate of drug-likeness (QED) is 0.634. The lowest BCUT2D eigenvalue weighted by Crippen LogP contribution is -2.50. The molecule has 1 aromatic carbocycles. The van der Waals surface area contributed by atoms with Crippen LogP contribution in [0.3, 0.4) is 0 Å². The number of carbonyl (C=O) groups is 1. The van der Waals surface area contributed by atoms with Crippen molar-refractivity contribution < 1.29 is 9.53 Å². The first kappa shape index (κ1) is 21.2. The number of nitrogens with zero attached hydrogens (tertiary/aromatic N) is 5. The van der Waals surface area contributed by atoms with Crippen molar-refractivity contribution >= 4 is 35.3 Å². The van der Waals surface area contributed by atoms with Crippen molar-refractivity contribution in [3.05, 3.63) is 51.9 Å². The van der Waals surface area contributed by atoms with E-state index in [1.807, 2.05) is 18.2 Å². The molecule has 1 aliphatic heterocycles. The van der Waals surface area contributed by atoms with E-state index in [0.29, 0.717) is 40.8 Å². The zero-order chi connectivity index (χ0) is 22.2. The van der Waals surface area contributed by atoms with E-state index in [-0.39, 0.29) is 29.5 Å². The standard InChI is InChI=1S/C23H21Cl2N5O2/c24-19-3-1-2-17(22(19)25)20-4-5-29-30(20)23(31)18-8-15(13-6-14(18)7-13)12-32-21-11-27-16(9-26)10-28-21/h1-3,5,10-11,13-15,18,20H,4,6-8,12H2/t13?,14?,15-,18?,20?/m0/s1. The molecule has 2 unspecified atom stereocenters. The zero-order valence-corrected chi connectivity index (χ0v) is 18.7. The first-order valence-corrected chi connectivity index (χ1v) is 11.4. The van der Waals surface area contributed by atoms with Gasteiger partial charge in [0, 0.05) is 18.6 Å². The van der Waals surface area contributed by atoms with E-state index >= 15 is 0 Å². The topological polar surface area (TPSA) is 91.5 Å². The van der Waals surface area contributed by atoms with E-state index in [1.165, 1.54) is 12.4 Å². The highest BCUT2D eigenvalue weighted by molar-refractivity contribution is 6.42. The van der Waals surface area contributed by atoms with Gasteiger partial charge in [-0.05, 0) is 48.6 Å². The molecule has 3 fully saturated rings. The Labute approximate surface area is 196 Å². The summed E-state index contributed by atoms with van der Waals surface area (Å²) in [7, 11) is 0. The van der Waals surface area contributed by atoms with E-state index in [9.17, 15) is 4.79 Å². The maximum absolute atomic E-state index is 13.5. The summed E-state index contributed by atoms with van der Waals surface area (Å²) in [6.07, 6.45) is 8.08. The Morgan fingerprint density at radius 1 is 1.19 bits per heavy atom. The molecule has 7 nitrogen and oxygen atoms in total. The van der Waals surface area contributed by atoms with E-state index in [0.717, 1.165) is 24.8 Å². The highest BCUT2D eigenvalue weighted by atomic mass is 35.5. The highest BCUT2D eigenvalue weighted by Crippen LogP contribution is 2.53. The van der Waals surface area contributed by atoms with Gasteiger partial charge in [-0.2, -0.15) is 10.4 Å². The minimum atomic E-state index is -0.227. The fourth-order valence-corrected chi connectivity index (χ4v) is 5.55. The van der Waals surface area contributed by atoms with Crippen LogP contribution in [-0.4, -0.2) is 33.7 Å². The summed E-state index contributed by atoms with van der Waals surface area (Å²) in [5.74, 6) is 1.59. The van der Waals surface area contributed by atoms with Crippen LogP contribution >= 0.6 is 23.2 Å². The molecule has 3 saturated carbocycles. The van der Waals surface area contributed by atoms with E-state index < -0.39 is 0 Å². The Kier molecular flexibility index (Phi) is 5.75. The number of carbonyl (C=O) groups excluding carboxylic acids is 1. The lowest BCUT2D eigenvalue weighted by Gasteiger charge is -2.51. The number of nitriles is 1. The van der Waals surface area contributed by atoms with Gasteiger partial charge in [-0.15, -0.1) is 0 Å². The monoisotopic (exact) mass is 469 g/mol. The SMILES string of the molecule is N#Cc1cnc(OC[C@@H]2CC(C(=O)N3N=CCC3c3cccc(Cl)c3Cl)C3CC2C3)cn1. The maximum Gasteiger partial charge on any atom is 0.246 e. The number of ether oxygens (including phenoxy) is 1. The molecule has 2 heterocycles. The van der Waals surface area contributed by atoms with Crippen LogP contribution < -0.4 is 4.74 Å². The summed E-state index contributed by atoms with van der Waals surface area (Å²) in [6, 6.07) is 7.21. The smallest absolute Gasteiger partial charge is 0.246 e. The van der Waals surface area contributed by atoms with Gasteiger partial charge in [-0.1, -0.05) is 35.3 Å². The molecule has 9 heteroatoms. The van der Waals surface area contributed by atoms with Crippen molar-refractivity contribution in [3.63, 3.8) is 0 Å². The zero-order valence-electron chi connectivity index (χ0n) is 17.2. The number of hydrogen-bond acceptors (Lipinski definition) is 6. The van der Waals surface area contributed by atoms with Crippen LogP contribution in [0.2, 0.25) is 10.0 Å². The van der Waals surface area contributed by atoms with Crippen LogP contribution in [0.1, 0.15) is 43.0 Å². The number of aromatic nitrogens is 2. The van der Waals surface area contributed by atoms with Crippen LogP contribution in [0, 0.1) is 35.0 Å². The van der Waals surface area contributed by atoms with Crippen molar-refractivity contribution in [2.45, 2.75) is 31.7 Å². The number of rotatable bonds is 5. The van der Waals surface area contributed by atoms with Gasteiger partial charge in [-0.3, -0.25) is 4.79 Å². The Morgan fingerprint density at radius 2 is 2.03 bits per heavy atom. The molecular formula is C23H21Cl2N5O2. The summed E-state index contributed by atoms with van der Waals surface area (Å²) < 4.78 is 5.84. The Balaban J connectivity index is 1.27. The number of halogens is 2. The molecule has 0 radical (unpaired) electrons. The maximum atomic E-state index is 13.5. The molecule has 6 rings (SSSR count). The van der Waals surface area contributed by atoms with Crippen molar-refractivity contribution in [1.82, 2.24) is 15.0 Å². The molecule has 4 aliphatic rings. The Morgan fingerprint density at radius 3 is 2.78 bits per heavy atom. The van der Waals surface area contributed by atoms with Crippen LogP contribution in [0.25, 0.3) is 0 Å². The molecule has 32 heavy (non-hydrogen) atoms. The third-order valence-corrected chi connectivity index (χ3v) is 7.74. The summed E-state index contributed by atoms with van der Waals surface area (Å²) in [6.45, 7) is 0.481. The molecule has 0 saturated heterocycles. The van der Waals surface area contributed by atoms with Crippen molar-refractivity contribution in [1.29, 1.82) is 5.26 Å². The van der Waals surface area contributed by atoms with Gasteiger partial charge >= 0.3 is 0 Å². The highest BCUT2D eigenvalue weighted by Gasteiger charge is 2.50. The van der Waals surface area contributed by atoms with E-state index in [4.69, 9.17) is 33.2 Å². The third kappa shape index (κ3) is 3.82. The fourth-order valence-electron chi connectivity index (χ4n) is 5.11. The second-order valence-electron chi connectivity index (χ2n) is 8.63. The van der Waals surface area contributed by atoms with Crippen molar-refractivity contribution in [3.8, 4) is 11.9 Å².